The van der Waals surface area contributed by atoms with Gasteiger partial charge in [0.1, 0.15) is 4.90 Å². The molecule has 0 aliphatic heterocycles. The lowest BCUT2D eigenvalue weighted by Gasteiger charge is -2.07. The van der Waals surface area contributed by atoms with Gasteiger partial charge in [-0.2, -0.15) is 8.42 Å². The van der Waals surface area contributed by atoms with E-state index in [2.05, 4.69) is 10.3 Å². The van der Waals surface area contributed by atoms with Crippen molar-refractivity contribution in [1.29, 1.82) is 0 Å². The van der Waals surface area contributed by atoms with Crippen LogP contribution in [-0.2, 0) is 14.8 Å². The van der Waals surface area contributed by atoms with Crippen LogP contribution in [0.25, 0.3) is 11.0 Å². The molecule has 1 amide bonds. The summed E-state index contributed by atoms with van der Waals surface area (Å²) in [4.78, 5) is 15.9. The summed E-state index contributed by atoms with van der Waals surface area (Å²) in [6, 6.07) is 21.2. The zero-order valence-corrected chi connectivity index (χ0v) is 18.8. The first-order valence-corrected chi connectivity index (χ1v) is 12.1. The normalized spacial score (nSPS) is 11.5. The molecule has 0 aliphatic rings. The lowest BCUT2D eigenvalue weighted by molar-refractivity contribution is -0.526. The van der Waals surface area contributed by atoms with Crippen molar-refractivity contribution in [3.05, 3.63) is 83.9 Å². The van der Waals surface area contributed by atoms with Crippen LogP contribution in [0.15, 0.2) is 82.8 Å². The van der Waals surface area contributed by atoms with E-state index in [9.17, 15) is 13.2 Å². The minimum atomic E-state index is -3.84. The van der Waals surface area contributed by atoms with Gasteiger partial charge in [-0.15, -0.1) is 3.97 Å². The van der Waals surface area contributed by atoms with Crippen molar-refractivity contribution >= 4 is 44.4 Å². The second-order valence-corrected chi connectivity index (χ2v) is 9.92. The molecule has 3 aromatic carbocycles. The highest BCUT2D eigenvalue weighted by molar-refractivity contribution is 8.00. The molecule has 1 heterocycles. The number of nitrogens with zero attached hydrogens (tertiary/aromatic N) is 1. The fraction of sp³-hybridized carbons (Fsp3) is 0.130. The number of H-pyrrole nitrogens is 1. The van der Waals surface area contributed by atoms with Crippen LogP contribution < -0.4 is 9.29 Å². The summed E-state index contributed by atoms with van der Waals surface area (Å²) in [5.41, 5.74) is 4.17. The van der Waals surface area contributed by atoms with E-state index >= 15 is 0 Å². The van der Waals surface area contributed by atoms with Crippen molar-refractivity contribution in [2.45, 2.75) is 23.9 Å². The fourth-order valence-corrected chi connectivity index (χ4v) is 5.80. The molecule has 6 nitrogen and oxygen atoms in total. The van der Waals surface area contributed by atoms with Crippen LogP contribution in [0.3, 0.4) is 0 Å². The van der Waals surface area contributed by atoms with E-state index in [1.54, 1.807) is 42.5 Å². The van der Waals surface area contributed by atoms with E-state index in [1.165, 1.54) is 3.97 Å². The molecule has 0 radical (unpaired) electrons. The molecule has 0 aliphatic carbocycles. The number of hydrogen-bond acceptors (Lipinski definition) is 4. The predicted molar refractivity (Wildman–Crippen MR) is 123 cm³/mol. The maximum Gasteiger partial charge on any atom is 0.336 e. The number of benzene rings is 3. The van der Waals surface area contributed by atoms with E-state index in [-0.39, 0.29) is 16.6 Å². The van der Waals surface area contributed by atoms with Gasteiger partial charge in [-0.05, 0) is 73.1 Å². The zero-order chi connectivity index (χ0) is 22.0. The van der Waals surface area contributed by atoms with Gasteiger partial charge in [-0.1, -0.05) is 36.4 Å². The first-order chi connectivity index (χ1) is 14.9. The quantitative estimate of drug-likeness (QED) is 0.342. The van der Waals surface area contributed by atoms with Crippen molar-refractivity contribution < 1.29 is 17.2 Å². The van der Waals surface area contributed by atoms with Gasteiger partial charge in [-0.3, -0.25) is 4.79 Å². The van der Waals surface area contributed by atoms with Gasteiger partial charge in [-0.25, -0.2) is 4.98 Å². The van der Waals surface area contributed by atoms with Crippen molar-refractivity contribution in [1.82, 2.24) is 4.98 Å². The Morgan fingerprint density at radius 3 is 2.42 bits per heavy atom. The molecule has 0 saturated heterocycles. The van der Waals surface area contributed by atoms with Crippen LogP contribution in [0.5, 0.6) is 0 Å². The summed E-state index contributed by atoms with van der Waals surface area (Å²) in [6.45, 7) is 4.00. The molecule has 158 valence electrons. The number of imidazole rings is 1. The van der Waals surface area contributed by atoms with Crippen molar-refractivity contribution in [3.8, 4) is 0 Å². The van der Waals surface area contributed by atoms with Crippen LogP contribution in [0, 0.1) is 13.8 Å². The third kappa shape index (κ3) is 4.35. The highest BCUT2D eigenvalue weighted by Gasteiger charge is 2.31. The Kier molecular flexibility index (Phi) is 5.84. The number of amides is 1. The topological polar surface area (TPSA) is 82.9 Å². The smallest absolute Gasteiger partial charge is 0.325 e. The summed E-state index contributed by atoms with van der Waals surface area (Å²) < 4.78 is 28.0. The molecule has 0 atom stereocenters. The SMILES string of the molecule is Cc1ccc(NC(=O)CSc2[nH]c3ccccc3[n+]2S(=O)(=O)c2ccccc2)cc1C. The summed E-state index contributed by atoms with van der Waals surface area (Å²) >= 11 is 1.15. The number of fused-ring (bicyclic) bond motifs is 1. The number of thioether (sulfide) groups is 1. The monoisotopic (exact) mass is 452 g/mol. The van der Waals surface area contributed by atoms with Crippen molar-refractivity contribution in [2.24, 2.45) is 0 Å². The van der Waals surface area contributed by atoms with Crippen LogP contribution in [0.1, 0.15) is 11.1 Å². The summed E-state index contributed by atoms with van der Waals surface area (Å²) in [7, 11) is -3.84. The molecule has 4 rings (SSSR count). The number of aromatic nitrogens is 2. The first kappa shape index (κ1) is 21.1. The average molecular weight is 453 g/mol. The molecule has 4 aromatic rings. The maximum absolute atomic E-state index is 13.4. The Morgan fingerprint density at radius 2 is 1.68 bits per heavy atom. The highest BCUT2D eigenvalue weighted by atomic mass is 32.2. The van der Waals surface area contributed by atoms with Crippen LogP contribution in [0.2, 0.25) is 0 Å². The van der Waals surface area contributed by atoms with Crippen molar-refractivity contribution in [3.63, 3.8) is 0 Å². The zero-order valence-electron chi connectivity index (χ0n) is 17.1. The standard InChI is InChI=1S/C23H21N3O3S2/c1-16-12-13-18(14-17(16)2)24-22(27)15-30-23-25-20-10-6-7-11-21(20)26(23)31(28,29)19-8-4-3-5-9-19/h3-14H,15H2,1-2H3,(H,24,27)/p+1. The van der Waals surface area contributed by atoms with Gasteiger partial charge in [0.15, 0.2) is 11.0 Å². The molecule has 8 heteroatoms. The summed E-state index contributed by atoms with van der Waals surface area (Å²) in [5, 5.41) is 3.25. The van der Waals surface area contributed by atoms with Gasteiger partial charge in [0.2, 0.25) is 5.91 Å². The number of para-hydroxylation sites is 2. The Balaban J connectivity index is 1.63. The van der Waals surface area contributed by atoms with Gasteiger partial charge in [0.05, 0.1) is 5.75 Å². The molecule has 0 bridgehead atoms. The first-order valence-electron chi connectivity index (χ1n) is 9.69. The largest absolute Gasteiger partial charge is 0.336 e. The highest BCUT2D eigenvalue weighted by Crippen LogP contribution is 2.22. The number of carbonyl (C=O) groups is 1. The minimum absolute atomic E-state index is 0.0596. The number of aryl methyl sites for hydroxylation is 2. The van der Waals surface area contributed by atoms with E-state index < -0.39 is 10.0 Å². The second-order valence-electron chi connectivity index (χ2n) is 7.17. The summed E-state index contributed by atoms with van der Waals surface area (Å²) in [5.74, 6) is -0.153. The van der Waals surface area contributed by atoms with Crippen LogP contribution >= 0.6 is 11.8 Å². The molecule has 1 aromatic heterocycles. The fourth-order valence-electron chi connectivity index (χ4n) is 3.21. The number of hydrogen-bond donors (Lipinski definition) is 2. The Labute approximate surface area is 185 Å². The Morgan fingerprint density at radius 1 is 0.968 bits per heavy atom. The van der Waals surface area contributed by atoms with Gasteiger partial charge in [0.25, 0.3) is 0 Å². The van der Waals surface area contributed by atoms with Crippen molar-refractivity contribution in [2.75, 3.05) is 11.1 Å². The van der Waals surface area contributed by atoms with E-state index in [0.717, 1.165) is 28.6 Å². The number of aromatic amines is 1. The van der Waals surface area contributed by atoms with Gasteiger partial charge >= 0.3 is 15.2 Å². The second kappa shape index (κ2) is 8.56. The third-order valence-corrected chi connectivity index (χ3v) is 7.77. The van der Waals surface area contributed by atoms with Gasteiger partial charge < -0.3 is 5.32 Å². The van der Waals surface area contributed by atoms with Crippen LogP contribution in [0.4, 0.5) is 5.69 Å². The average Bonchev–Trinajstić information content (AvgIpc) is 3.15. The number of carbonyl (C=O) groups excluding carboxylic acids is 1. The molecule has 2 N–H and O–H groups in total. The molecular weight excluding hydrogens is 430 g/mol. The molecule has 0 saturated carbocycles. The number of nitrogens with one attached hydrogen (secondary N) is 2. The molecular formula is C23H22N3O3S2+. The minimum Gasteiger partial charge on any atom is -0.325 e. The number of rotatable bonds is 6. The molecule has 0 spiro atoms. The lowest BCUT2D eigenvalue weighted by Crippen LogP contribution is -2.44. The molecule has 31 heavy (non-hydrogen) atoms. The Bertz CT molecular complexity index is 1360. The summed E-state index contributed by atoms with van der Waals surface area (Å²) in [6.07, 6.45) is 0. The molecule has 0 fully saturated rings. The maximum atomic E-state index is 13.4. The van der Waals surface area contributed by atoms with E-state index in [4.69, 9.17) is 0 Å². The number of anilines is 1. The Hall–Kier alpha value is -3.10. The van der Waals surface area contributed by atoms with Crippen LogP contribution in [-0.4, -0.2) is 25.1 Å². The van der Waals surface area contributed by atoms with E-state index in [1.807, 2.05) is 44.2 Å². The van der Waals surface area contributed by atoms with E-state index in [0.29, 0.717) is 16.2 Å². The lowest BCUT2D eigenvalue weighted by atomic mass is 10.1. The molecule has 0 unspecified atom stereocenters. The van der Waals surface area contributed by atoms with Gasteiger partial charge in [0, 0.05) is 5.69 Å². The third-order valence-electron chi connectivity index (χ3n) is 4.96. The predicted octanol–water partition coefficient (Wildman–Crippen LogP) is 4.04.